The number of carbonyl (C=O) groups is 1. The summed E-state index contributed by atoms with van der Waals surface area (Å²) >= 11 is 1.60. The molecule has 0 bridgehead atoms. The topological polar surface area (TPSA) is 42.0 Å². The van der Waals surface area contributed by atoms with Crippen molar-refractivity contribution in [3.63, 3.8) is 0 Å². The summed E-state index contributed by atoms with van der Waals surface area (Å²) in [6, 6.07) is 4.70. The van der Waals surface area contributed by atoms with Crippen LogP contribution >= 0.6 is 11.8 Å². The summed E-state index contributed by atoms with van der Waals surface area (Å²) in [6.45, 7) is 0.258. The fourth-order valence-electron chi connectivity index (χ4n) is 2.10. The van der Waals surface area contributed by atoms with Crippen molar-refractivity contribution in [1.29, 1.82) is 0 Å². The third kappa shape index (κ3) is 2.34. The number of amides is 1. The third-order valence-corrected chi connectivity index (χ3v) is 3.89. The lowest BCUT2D eigenvalue weighted by Gasteiger charge is -2.18. The van der Waals surface area contributed by atoms with Gasteiger partial charge in [-0.25, -0.2) is 9.18 Å². The van der Waals surface area contributed by atoms with Crippen LogP contribution in [0, 0.1) is 5.82 Å². The van der Waals surface area contributed by atoms with Gasteiger partial charge in [-0.15, -0.1) is 11.8 Å². The molecule has 1 amide bonds. The third-order valence-electron chi connectivity index (χ3n) is 3.15. The highest BCUT2D eigenvalue weighted by atomic mass is 32.2. The lowest BCUT2D eigenvalue weighted by atomic mass is 10.2. The van der Waals surface area contributed by atoms with E-state index in [1.54, 1.807) is 23.9 Å². The van der Waals surface area contributed by atoms with E-state index in [2.05, 4.69) is 0 Å². The van der Waals surface area contributed by atoms with Gasteiger partial charge in [-0.2, -0.15) is 0 Å². The monoisotopic (exact) mass is 296 g/mol. The molecule has 2 aliphatic heterocycles. The van der Waals surface area contributed by atoms with E-state index < -0.39 is 12.4 Å². The Morgan fingerprint density at radius 1 is 1.50 bits per heavy atom. The van der Waals surface area contributed by atoms with Crippen LogP contribution in [-0.2, 0) is 9.47 Å². The predicted octanol–water partition coefficient (Wildman–Crippen LogP) is 2.74. The second kappa shape index (κ2) is 5.34. The Morgan fingerprint density at radius 3 is 2.95 bits per heavy atom. The van der Waals surface area contributed by atoms with Crippen molar-refractivity contribution in [2.45, 2.75) is 6.29 Å². The van der Waals surface area contributed by atoms with Gasteiger partial charge in [0.05, 0.1) is 23.8 Å². The first-order chi connectivity index (χ1) is 9.69. The molecule has 1 saturated heterocycles. The number of halogens is 1. The summed E-state index contributed by atoms with van der Waals surface area (Å²) in [5.41, 5.74) is 0.956. The molecule has 106 valence electrons. The molecule has 1 unspecified atom stereocenters. The van der Waals surface area contributed by atoms with Crippen LogP contribution in [0.25, 0.3) is 0 Å². The lowest BCUT2D eigenvalue weighted by Crippen LogP contribution is -2.25. The molecule has 20 heavy (non-hydrogen) atoms. The van der Waals surface area contributed by atoms with E-state index in [1.807, 2.05) is 16.5 Å². The van der Waals surface area contributed by atoms with Crippen LogP contribution in [0.1, 0.15) is 0 Å². The minimum absolute atomic E-state index is 0.258. The predicted molar refractivity (Wildman–Crippen MR) is 75.1 cm³/mol. The summed E-state index contributed by atoms with van der Waals surface area (Å²) < 4.78 is 24.1. The van der Waals surface area contributed by atoms with Crippen LogP contribution in [0.3, 0.4) is 0 Å². The van der Waals surface area contributed by atoms with Crippen molar-refractivity contribution in [3.8, 4) is 0 Å². The van der Waals surface area contributed by atoms with Crippen molar-refractivity contribution < 1.29 is 18.7 Å². The second-order valence-corrected chi connectivity index (χ2v) is 5.21. The molecule has 5 nitrogen and oxygen atoms in total. The molecule has 0 aromatic heterocycles. The fraction of sp³-hybridized carbons (Fsp3) is 0.308. The zero-order valence-electron chi connectivity index (χ0n) is 10.8. The van der Waals surface area contributed by atoms with E-state index in [9.17, 15) is 9.18 Å². The molecule has 7 heteroatoms. The van der Waals surface area contributed by atoms with Gasteiger partial charge in [0, 0.05) is 13.3 Å². The molecule has 1 atom stereocenters. The standard InChI is InChI=1S/C13H13FN2O3S/c1-18-12-7-16(13(17)19-12)9-2-3-11(10(14)6-9)15-4-5-20-8-15/h2-6,12H,7-8H2,1H3. The number of carbonyl (C=O) groups excluding carboxylic acids is 1. The van der Waals surface area contributed by atoms with Crippen LogP contribution in [-0.4, -0.2) is 31.9 Å². The first-order valence-electron chi connectivity index (χ1n) is 6.04. The molecular weight excluding hydrogens is 283 g/mol. The van der Waals surface area contributed by atoms with Crippen molar-refractivity contribution >= 4 is 29.2 Å². The number of thioether (sulfide) groups is 1. The highest BCUT2D eigenvalue weighted by Crippen LogP contribution is 2.30. The normalized spacial score (nSPS) is 21.7. The molecule has 1 aromatic rings. The summed E-state index contributed by atoms with van der Waals surface area (Å²) in [4.78, 5) is 14.8. The van der Waals surface area contributed by atoms with E-state index in [4.69, 9.17) is 9.47 Å². The quantitative estimate of drug-likeness (QED) is 0.858. The Hall–Kier alpha value is -1.73. The molecule has 1 aromatic carbocycles. The molecule has 0 saturated carbocycles. The molecule has 0 radical (unpaired) electrons. The number of rotatable bonds is 3. The number of benzene rings is 1. The first-order valence-corrected chi connectivity index (χ1v) is 7.09. The molecule has 2 aliphatic rings. The Bertz CT molecular complexity index is 567. The van der Waals surface area contributed by atoms with E-state index in [-0.39, 0.29) is 12.4 Å². The fourth-order valence-corrected chi connectivity index (χ4v) is 2.80. The molecule has 0 N–H and O–H groups in total. The molecule has 1 fully saturated rings. The van der Waals surface area contributed by atoms with Crippen LogP contribution in [0.5, 0.6) is 0 Å². The number of nitrogens with zero attached hydrogens (tertiary/aromatic N) is 2. The Balaban J connectivity index is 1.83. The van der Waals surface area contributed by atoms with Crippen molar-refractivity contribution in [2.75, 3.05) is 29.3 Å². The molecule has 3 rings (SSSR count). The lowest BCUT2D eigenvalue weighted by molar-refractivity contribution is -0.0488. The molecule has 0 aliphatic carbocycles. The van der Waals surface area contributed by atoms with E-state index in [1.165, 1.54) is 18.1 Å². The maximum Gasteiger partial charge on any atom is 0.416 e. The number of hydrogen-bond donors (Lipinski definition) is 0. The molecular formula is C13H13FN2O3S. The zero-order valence-corrected chi connectivity index (χ0v) is 11.6. The van der Waals surface area contributed by atoms with E-state index in [0.717, 1.165) is 0 Å². The van der Waals surface area contributed by atoms with Crippen LogP contribution in [0.15, 0.2) is 29.8 Å². The maximum atomic E-state index is 14.2. The zero-order chi connectivity index (χ0) is 14.1. The highest BCUT2D eigenvalue weighted by molar-refractivity contribution is 8.02. The van der Waals surface area contributed by atoms with Crippen molar-refractivity contribution in [1.82, 2.24) is 0 Å². The average Bonchev–Trinajstić information content (AvgIpc) is 3.07. The second-order valence-electron chi connectivity index (χ2n) is 4.35. The summed E-state index contributed by atoms with van der Waals surface area (Å²) in [5.74, 6) is 0.316. The van der Waals surface area contributed by atoms with Crippen LogP contribution in [0.2, 0.25) is 0 Å². The number of anilines is 2. The van der Waals surface area contributed by atoms with Gasteiger partial charge < -0.3 is 14.4 Å². The van der Waals surface area contributed by atoms with Gasteiger partial charge in [0.15, 0.2) is 0 Å². The molecule has 0 spiro atoms. The summed E-state index contributed by atoms with van der Waals surface area (Å²) in [6.07, 6.45) is 0.692. The van der Waals surface area contributed by atoms with Crippen molar-refractivity contribution in [2.24, 2.45) is 0 Å². The first kappa shape index (κ1) is 13.3. The van der Waals surface area contributed by atoms with E-state index in [0.29, 0.717) is 17.3 Å². The van der Waals surface area contributed by atoms with Gasteiger partial charge in [-0.1, -0.05) is 0 Å². The Morgan fingerprint density at radius 2 is 2.35 bits per heavy atom. The molecule has 2 heterocycles. The van der Waals surface area contributed by atoms with Gasteiger partial charge in [0.25, 0.3) is 0 Å². The van der Waals surface area contributed by atoms with Gasteiger partial charge in [0.1, 0.15) is 5.82 Å². The minimum atomic E-state index is -0.608. The minimum Gasteiger partial charge on any atom is -0.417 e. The maximum absolute atomic E-state index is 14.2. The summed E-state index contributed by atoms with van der Waals surface area (Å²) in [7, 11) is 1.46. The number of hydrogen-bond acceptors (Lipinski definition) is 5. The van der Waals surface area contributed by atoms with Gasteiger partial charge in [-0.05, 0) is 23.6 Å². The van der Waals surface area contributed by atoms with Gasteiger partial charge in [0.2, 0.25) is 6.29 Å². The van der Waals surface area contributed by atoms with Crippen molar-refractivity contribution in [3.05, 3.63) is 35.6 Å². The Kier molecular flexibility index (Phi) is 3.54. The summed E-state index contributed by atoms with van der Waals surface area (Å²) in [5, 5.41) is 1.91. The highest BCUT2D eigenvalue weighted by Gasteiger charge is 2.32. The van der Waals surface area contributed by atoms with Gasteiger partial charge >= 0.3 is 6.09 Å². The SMILES string of the molecule is COC1CN(c2ccc(N3C=CSC3)c(F)c2)C(=O)O1. The number of ether oxygens (including phenoxy) is 2. The number of methoxy groups -OCH3 is 1. The smallest absolute Gasteiger partial charge is 0.416 e. The Labute approximate surface area is 119 Å². The number of cyclic esters (lactones) is 1. The van der Waals surface area contributed by atoms with Crippen LogP contribution < -0.4 is 9.80 Å². The average molecular weight is 296 g/mol. The van der Waals surface area contributed by atoms with Crippen LogP contribution in [0.4, 0.5) is 20.6 Å². The van der Waals surface area contributed by atoms with E-state index >= 15 is 0 Å². The van der Waals surface area contributed by atoms with Gasteiger partial charge in [-0.3, -0.25) is 4.90 Å². The largest absolute Gasteiger partial charge is 0.417 e.